The Bertz CT molecular complexity index is 288. The number of rotatable bonds is 2. The number of ether oxygens (including phenoxy) is 1. The van der Waals surface area contributed by atoms with Gasteiger partial charge in [0, 0.05) is 32.7 Å². The Labute approximate surface area is 109 Å². The first kappa shape index (κ1) is 13.6. The van der Waals surface area contributed by atoms with Gasteiger partial charge in [0.15, 0.2) is 0 Å². The van der Waals surface area contributed by atoms with Crippen LogP contribution in [-0.2, 0) is 4.74 Å². The highest BCUT2D eigenvalue weighted by molar-refractivity contribution is 5.74. The highest BCUT2D eigenvalue weighted by Crippen LogP contribution is 2.29. The first-order chi connectivity index (χ1) is 8.65. The summed E-state index contributed by atoms with van der Waals surface area (Å²) >= 11 is 0. The average molecular weight is 255 g/mol. The molecule has 104 valence electrons. The summed E-state index contributed by atoms with van der Waals surface area (Å²) < 4.78 is 6.10. The van der Waals surface area contributed by atoms with Crippen LogP contribution in [0.4, 0.5) is 4.79 Å². The van der Waals surface area contributed by atoms with Crippen LogP contribution >= 0.6 is 0 Å². The number of amides is 2. The van der Waals surface area contributed by atoms with E-state index in [4.69, 9.17) is 4.74 Å². The van der Waals surface area contributed by atoms with Crippen molar-refractivity contribution in [3.05, 3.63) is 0 Å². The molecule has 0 aromatic carbocycles. The van der Waals surface area contributed by atoms with Gasteiger partial charge in [0.25, 0.3) is 0 Å². The molecule has 5 nitrogen and oxygen atoms in total. The number of piperidine rings is 1. The van der Waals surface area contributed by atoms with E-state index in [0.29, 0.717) is 0 Å². The van der Waals surface area contributed by atoms with Crippen molar-refractivity contribution >= 4 is 6.03 Å². The molecule has 2 aliphatic heterocycles. The molecule has 5 heteroatoms. The van der Waals surface area contributed by atoms with Crippen molar-refractivity contribution in [2.75, 3.05) is 32.7 Å². The van der Waals surface area contributed by atoms with Crippen LogP contribution in [0.5, 0.6) is 0 Å². The van der Waals surface area contributed by atoms with Crippen molar-refractivity contribution in [2.45, 2.75) is 44.8 Å². The number of carbonyl (C=O) groups is 1. The second-order valence-corrected chi connectivity index (χ2v) is 5.46. The van der Waals surface area contributed by atoms with Crippen LogP contribution in [0.1, 0.15) is 33.1 Å². The van der Waals surface area contributed by atoms with Crippen LogP contribution in [0.3, 0.4) is 0 Å². The standard InChI is InChI=1S/C13H25N3O2/c1-3-6-15-12(17)16-7-4-13(5-8-16)10-14-9-11(2)18-13/h11,14H,3-10H2,1-2H3,(H,15,17). The van der Waals surface area contributed by atoms with E-state index in [0.717, 1.165) is 52.0 Å². The fourth-order valence-corrected chi connectivity index (χ4v) is 2.77. The SMILES string of the molecule is CCCNC(=O)N1CCC2(CC1)CNCC(C)O2. The number of urea groups is 1. The molecule has 1 spiro atoms. The van der Waals surface area contributed by atoms with Crippen molar-refractivity contribution in [1.29, 1.82) is 0 Å². The van der Waals surface area contributed by atoms with Crippen LogP contribution in [0, 0.1) is 0 Å². The third-order valence-electron chi connectivity index (χ3n) is 3.82. The third-order valence-corrected chi connectivity index (χ3v) is 3.82. The lowest BCUT2D eigenvalue weighted by Gasteiger charge is -2.46. The minimum absolute atomic E-state index is 0.0425. The third kappa shape index (κ3) is 3.14. The highest BCUT2D eigenvalue weighted by atomic mass is 16.5. The molecule has 0 radical (unpaired) electrons. The van der Waals surface area contributed by atoms with Gasteiger partial charge in [0.2, 0.25) is 0 Å². The molecule has 18 heavy (non-hydrogen) atoms. The average Bonchev–Trinajstić information content (AvgIpc) is 2.36. The Hall–Kier alpha value is -0.810. The lowest BCUT2D eigenvalue weighted by atomic mass is 9.89. The van der Waals surface area contributed by atoms with Crippen molar-refractivity contribution in [3.63, 3.8) is 0 Å². The lowest BCUT2D eigenvalue weighted by Crippen LogP contribution is -2.59. The van der Waals surface area contributed by atoms with Gasteiger partial charge in [-0.25, -0.2) is 4.79 Å². The van der Waals surface area contributed by atoms with Crippen LogP contribution in [-0.4, -0.2) is 55.4 Å². The van der Waals surface area contributed by atoms with E-state index in [1.807, 2.05) is 4.90 Å². The molecule has 0 aromatic heterocycles. The van der Waals surface area contributed by atoms with Gasteiger partial charge in [-0.1, -0.05) is 6.92 Å². The van der Waals surface area contributed by atoms with Crippen molar-refractivity contribution < 1.29 is 9.53 Å². The Balaban J connectivity index is 1.82. The molecular weight excluding hydrogens is 230 g/mol. The zero-order valence-corrected chi connectivity index (χ0v) is 11.5. The number of likely N-dealkylation sites (tertiary alicyclic amines) is 1. The van der Waals surface area contributed by atoms with E-state index in [1.165, 1.54) is 0 Å². The minimum Gasteiger partial charge on any atom is -0.369 e. The van der Waals surface area contributed by atoms with Gasteiger partial charge in [-0.15, -0.1) is 0 Å². The molecule has 1 unspecified atom stereocenters. The summed E-state index contributed by atoms with van der Waals surface area (Å²) in [6.45, 7) is 8.37. The van der Waals surface area contributed by atoms with Crippen molar-refractivity contribution in [2.24, 2.45) is 0 Å². The number of hydrogen-bond acceptors (Lipinski definition) is 3. The molecule has 0 aromatic rings. The van der Waals surface area contributed by atoms with Gasteiger partial charge < -0.3 is 20.3 Å². The van der Waals surface area contributed by atoms with Gasteiger partial charge in [-0.05, 0) is 26.2 Å². The number of nitrogens with one attached hydrogen (secondary N) is 2. The Kier molecular flexibility index (Phi) is 4.45. The summed E-state index contributed by atoms with van der Waals surface area (Å²) in [7, 11) is 0. The molecule has 2 heterocycles. The summed E-state index contributed by atoms with van der Waals surface area (Å²) in [6.07, 6.45) is 3.13. The maximum Gasteiger partial charge on any atom is 0.317 e. The fourth-order valence-electron chi connectivity index (χ4n) is 2.77. The van der Waals surface area contributed by atoms with E-state index in [2.05, 4.69) is 24.5 Å². The summed E-state index contributed by atoms with van der Waals surface area (Å²) in [5, 5.41) is 6.36. The Morgan fingerprint density at radius 1 is 1.50 bits per heavy atom. The van der Waals surface area contributed by atoms with Gasteiger partial charge in [0.1, 0.15) is 0 Å². The van der Waals surface area contributed by atoms with E-state index in [-0.39, 0.29) is 17.7 Å². The molecule has 1 atom stereocenters. The van der Waals surface area contributed by atoms with E-state index < -0.39 is 0 Å². The molecule has 0 saturated carbocycles. The molecule has 2 amide bonds. The molecule has 2 rings (SSSR count). The largest absolute Gasteiger partial charge is 0.369 e. The number of carbonyl (C=O) groups excluding carboxylic acids is 1. The molecular formula is C13H25N3O2. The molecule has 2 saturated heterocycles. The number of nitrogens with zero attached hydrogens (tertiary/aromatic N) is 1. The van der Waals surface area contributed by atoms with E-state index >= 15 is 0 Å². The van der Waals surface area contributed by atoms with Crippen LogP contribution in [0.25, 0.3) is 0 Å². The first-order valence-corrected chi connectivity index (χ1v) is 7.06. The zero-order valence-electron chi connectivity index (χ0n) is 11.5. The van der Waals surface area contributed by atoms with Gasteiger partial charge >= 0.3 is 6.03 Å². The fraction of sp³-hybridized carbons (Fsp3) is 0.923. The predicted octanol–water partition coefficient (Wildman–Crippen LogP) is 0.949. The topological polar surface area (TPSA) is 53.6 Å². The van der Waals surface area contributed by atoms with E-state index in [1.54, 1.807) is 0 Å². The van der Waals surface area contributed by atoms with Gasteiger partial charge in [0.05, 0.1) is 11.7 Å². The molecule has 2 fully saturated rings. The second kappa shape index (κ2) is 5.89. The minimum atomic E-state index is -0.0425. The summed E-state index contributed by atoms with van der Waals surface area (Å²) in [4.78, 5) is 13.8. The molecule has 2 N–H and O–H groups in total. The highest BCUT2D eigenvalue weighted by Gasteiger charge is 2.39. The van der Waals surface area contributed by atoms with Crippen molar-refractivity contribution in [1.82, 2.24) is 15.5 Å². The quantitative estimate of drug-likeness (QED) is 0.772. The first-order valence-electron chi connectivity index (χ1n) is 7.06. The Morgan fingerprint density at radius 2 is 2.22 bits per heavy atom. The number of morpholine rings is 1. The van der Waals surface area contributed by atoms with Gasteiger partial charge in [-0.2, -0.15) is 0 Å². The molecule has 0 aliphatic carbocycles. The number of hydrogen-bond donors (Lipinski definition) is 2. The lowest BCUT2D eigenvalue weighted by molar-refractivity contribution is -0.131. The second-order valence-electron chi connectivity index (χ2n) is 5.46. The van der Waals surface area contributed by atoms with E-state index in [9.17, 15) is 4.79 Å². The van der Waals surface area contributed by atoms with Gasteiger partial charge in [-0.3, -0.25) is 0 Å². The van der Waals surface area contributed by atoms with Crippen LogP contribution in [0.2, 0.25) is 0 Å². The smallest absolute Gasteiger partial charge is 0.317 e. The van der Waals surface area contributed by atoms with Crippen molar-refractivity contribution in [3.8, 4) is 0 Å². The summed E-state index contributed by atoms with van der Waals surface area (Å²) in [5.41, 5.74) is -0.0425. The van der Waals surface area contributed by atoms with Crippen LogP contribution < -0.4 is 10.6 Å². The summed E-state index contributed by atoms with van der Waals surface area (Å²) in [5.74, 6) is 0. The Morgan fingerprint density at radius 3 is 2.83 bits per heavy atom. The molecule has 0 bridgehead atoms. The molecule has 2 aliphatic rings. The van der Waals surface area contributed by atoms with Crippen LogP contribution in [0.15, 0.2) is 0 Å². The summed E-state index contributed by atoms with van der Waals surface area (Å²) in [6, 6.07) is 0.0727. The maximum absolute atomic E-state index is 11.9. The predicted molar refractivity (Wildman–Crippen MR) is 70.6 cm³/mol. The zero-order chi connectivity index (χ0) is 13.0. The normalized spacial score (nSPS) is 27.2. The maximum atomic E-state index is 11.9. The monoisotopic (exact) mass is 255 g/mol.